The van der Waals surface area contributed by atoms with Crippen LogP contribution in [0.15, 0.2) is 70.8 Å². The first kappa shape index (κ1) is 21.1. The molecule has 1 aromatic heterocycles. The number of benzene rings is 2. The number of ether oxygens (including phenoxy) is 3. The topological polar surface area (TPSA) is 99.5 Å². The van der Waals surface area contributed by atoms with Crippen LogP contribution in [-0.2, 0) is 6.54 Å². The molecule has 7 heteroatoms. The summed E-state index contributed by atoms with van der Waals surface area (Å²) in [5.74, 6) is 0.948. The predicted octanol–water partition coefficient (Wildman–Crippen LogP) is 3.44. The van der Waals surface area contributed by atoms with Crippen molar-refractivity contribution in [1.82, 2.24) is 4.57 Å². The predicted molar refractivity (Wildman–Crippen MR) is 120 cm³/mol. The molecule has 1 aliphatic rings. The Hall–Kier alpha value is -4.18. The molecular formula is C25H23N3O4. The Kier molecular flexibility index (Phi) is 5.61. The van der Waals surface area contributed by atoms with Crippen molar-refractivity contribution in [2.75, 3.05) is 14.2 Å². The Balaban J connectivity index is 1.90. The monoisotopic (exact) mass is 429 g/mol. The molecule has 1 aliphatic heterocycles. The van der Waals surface area contributed by atoms with Gasteiger partial charge in [-0.1, -0.05) is 30.3 Å². The maximum atomic E-state index is 13.8. The van der Waals surface area contributed by atoms with Gasteiger partial charge in [-0.25, -0.2) is 0 Å². The average Bonchev–Trinajstić information content (AvgIpc) is 2.81. The van der Waals surface area contributed by atoms with Gasteiger partial charge in [-0.15, -0.1) is 0 Å². The van der Waals surface area contributed by atoms with E-state index in [4.69, 9.17) is 19.9 Å². The second-order valence-electron chi connectivity index (χ2n) is 7.47. The number of rotatable bonds is 5. The number of nitriles is 1. The van der Waals surface area contributed by atoms with Gasteiger partial charge in [0.25, 0.3) is 5.56 Å². The molecule has 0 fully saturated rings. The Morgan fingerprint density at radius 2 is 1.84 bits per heavy atom. The van der Waals surface area contributed by atoms with E-state index in [-0.39, 0.29) is 17.0 Å². The number of para-hydroxylation sites is 1. The van der Waals surface area contributed by atoms with Crippen LogP contribution >= 0.6 is 0 Å². The SMILES string of the molecule is COc1ccc(Cn2c(C)cc3c(c2=O)[C@H](c2ccccc2OC)C(C#N)=C(N)O3)cc1. The summed E-state index contributed by atoms with van der Waals surface area (Å²) >= 11 is 0. The number of aryl methyl sites for hydroxylation is 1. The summed E-state index contributed by atoms with van der Waals surface area (Å²) in [6, 6.07) is 18.7. The lowest BCUT2D eigenvalue weighted by molar-refractivity contribution is 0.383. The molecule has 2 aromatic carbocycles. The van der Waals surface area contributed by atoms with E-state index < -0.39 is 5.92 Å². The molecule has 7 nitrogen and oxygen atoms in total. The van der Waals surface area contributed by atoms with E-state index in [9.17, 15) is 10.1 Å². The smallest absolute Gasteiger partial charge is 0.259 e. The summed E-state index contributed by atoms with van der Waals surface area (Å²) in [6.45, 7) is 2.20. The second kappa shape index (κ2) is 8.52. The zero-order valence-electron chi connectivity index (χ0n) is 18.1. The first-order valence-corrected chi connectivity index (χ1v) is 10.1. The third-order valence-corrected chi connectivity index (χ3v) is 5.64. The lowest BCUT2D eigenvalue weighted by Gasteiger charge is -2.28. The van der Waals surface area contributed by atoms with Crippen molar-refractivity contribution in [3.05, 3.63) is 98.8 Å². The lowest BCUT2D eigenvalue weighted by atomic mass is 9.83. The Morgan fingerprint density at radius 1 is 1.12 bits per heavy atom. The van der Waals surface area contributed by atoms with E-state index in [2.05, 4.69) is 6.07 Å². The van der Waals surface area contributed by atoms with Crippen molar-refractivity contribution in [1.29, 1.82) is 5.26 Å². The molecule has 0 saturated carbocycles. The summed E-state index contributed by atoms with van der Waals surface area (Å²) in [7, 11) is 3.16. The van der Waals surface area contributed by atoms with E-state index in [1.807, 2.05) is 49.4 Å². The number of fused-ring (bicyclic) bond motifs is 1. The van der Waals surface area contributed by atoms with Gasteiger partial charge in [0.15, 0.2) is 0 Å². The van der Waals surface area contributed by atoms with Gasteiger partial charge >= 0.3 is 0 Å². The number of hydrogen-bond acceptors (Lipinski definition) is 6. The molecule has 0 radical (unpaired) electrons. The van der Waals surface area contributed by atoms with Gasteiger partial charge in [0.1, 0.15) is 28.9 Å². The largest absolute Gasteiger partial charge is 0.497 e. The molecule has 0 saturated heterocycles. The van der Waals surface area contributed by atoms with E-state index in [1.54, 1.807) is 30.9 Å². The molecule has 0 unspecified atom stereocenters. The van der Waals surface area contributed by atoms with Crippen molar-refractivity contribution in [2.45, 2.75) is 19.4 Å². The minimum Gasteiger partial charge on any atom is -0.497 e. The number of nitrogens with two attached hydrogens (primary N) is 1. The number of aromatic nitrogens is 1. The Labute approximate surface area is 185 Å². The minimum atomic E-state index is -0.699. The van der Waals surface area contributed by atoms with E-state index >= 15 is 0 Å². The zero-order valence-corrected chi connectivity index (χ0v) is 18.1. The second-order valence-corrected chi connectivity index (χ2v) is 7.47. The number of methoxy groups -OCH3 is 2. The maximum absolute atomic E-state index is 13.8. The standard InChI is InChI=1S/C25H23N3O4/c1-15-12-21-23(25(29)28(15)14-16-8-10-17(30-2)11-9-16)22(19(13-26)24(27)32-21)18-6-4-5-7-20(18)31-3/h4-12,22H,14,27H2,1-3H3/t22-/m1/s1. The highest BCUT2D eigenvalue weighted by molar-refractivity contribution is 5.58. The van der Waals surface area contributed by atoms with Gasteiger partial charge in [0.2, 0.25) is 5.88 Å². The van der Waals surface area contributed by atoms with Crippen LogP contribution in [0.1, 0.15) is 28.3 Å². The molecule has 32 heavy (non-hydrogen) atoms. The van der Waals surface area contributed by atoms with Crippen LogP contribution in [0.5, 0.6) is 17.2 Å². The fourth-order valence-electron chi connectivity index (χ4n) is 4.01. The Bertz CT molecular complexity index is 1300. The Morgan fingerprint density at radius 3 is 2.50 bits per heavy atom. The summed E-state index contributed by atoms with van der Waals surface area (Å²) in [6.07, 6.45) is 0. The molecule has 0 spiro atoms. The van der Waals surface area contributed by atoms with Crippen molar-refractivity contribution < 1.29 is 14.2 Å². The fourth-order valence-corrected chi connectivity index (χ4v) is 4.01. The van der Waals surface area contributed by atoms with Gasteiger partial charge in [-0.2, -0.15) is 5.26 Å². The summed E-state index contributed by atoms with van der Waals surface area (Å²) in [5.41, 5.74) is 8.72. The summed E-state index contributed by atoms with van der Waals surface area (Å²) in [4.78, 5) is 13.8. The molecule has 1 atom stereocenters. The number of nitrogens with zero attached hydrogens (tertiary/aromatic N) is 2. The lowest BCUT2D eigenvalue weighted by Crippen LogP contribution is -2.33. The molecule has 2 N–H and O–H groups in total. The van der Waals surface area contributed by atoms with E-state index in [0.29, 0.717) is 29.2 Å². The van der Waals surface area contributed by atoms with Crippen molar-refractivity contribution in [3.8, 4) is 23.3 Å². The van der Waals surface area contributed by atoms with Gasteiger partial charge < -0.3 is 24.5 Å². The van der Waals surface area contributed by atoms with Crippen LogP contribution in [0.3, 0.4) is 0 Å². The summed E-state index contributed by atoms with van der Waals surface area (Å²) < 4.78 is 18.1. The van der Waals surface area contributed by atoms with Gasteiger partial charge in [-0.05, 0) is 30.7 Å². The molecule has 2 heterocycles. The number of hydrogen-bond donors (Lipinski definition) is 1. The van der Waals surface area contributed by atoms with E-state index in [1.165, 1.54) is 0 Å². The maximum Gasteiger partial charge on any atom is 0.259 e. The molecule has 3 aromatic rings. The average molecular weight is 429 g/mol. The number of allylic oxidation sites excluding steroid dienone is 1. The van der Waals surface area contributed by atoms with Gasteiger partial charge in [-0.3, -0.25) is 4.79 Å². The van der Waals surface area contributed by atoms with Crippen LogP contribution in [0.25, 0.3) is 0 Å². The molecule has 0 bridgehead atoms. The van der Waals surface area contributed by atoms with Crippen molar-refractivity contribution in [3.63, 3.8) is 0 Å². The molecule has 162 valence electrons. The highest BCUT2D eigenvalue weighted by Gasteiger charge is 2.35. The van der Waals surface area contributed by atoms with Crippen LogP contribution in [0, 0.1) is 18.3 Å². The first-order valence-electron chi connectivity index (χ1n) is 10.1. The van der Waals surface area contributed by atoms with Crippen molar-refractivity contribution in [2.24, 2.45) is 5.73 Å². The van der Waals surface area contributed by atoms with Gasteiger partial charge in [0, 0.05) is 17.3 Å². The third-order valence-electron chi connectivity index (χ3n) is 5.64. The molecule has 4 rings (SSSR count). The minimum absolute atomic E-state index is 0.0115. The van der Waals surface area contributed by atoms with Gasteiger partial charge in [0.05, 0.1) is 32.2 Å². The van der Waals surface area contributed by atoms with Crippen molar-refractivity contribution >= 4 is 0 Å². The number of pyridine rings is 1. The quantitative estimate of drug-likeness (QED) is 0.667. The first-order chi connectivity index (χ1) is 15.5. The molecule has 0 aliphatic carbocycles. The molecule has 0 amide bonds. The highest BCUT2D eigenvalue weighted by atomic mass is 16.5. The fraction of sp³-hybridized carbons (Fsp3) is 0.200. The normalized spacial score (nSPS) is 14.9. The zero-order chi connectivity index (χ0) is 22.8. The van der Waals surface area contributed by atoms with Crippen LogP contribution < -0.4 is 25.5 Å². The van der Waals surface area contributed by atoms with Crippen LogP contribution in [0.2, 0.25) is 0 Å². The third kappa shape index (κ3) is 3.56. The molecular weight excluding hydrogens is 406 g/mol. The van der Waals surface area contributed by atoms with Crippen LogP contribution in [-0.4, -0.2) is 18.8 Å². The van der Waals surface area contributed by atoms with E-state index in [0.717, 1.165) is 17.0 Å². The summed E-state index contributed by atoms with van der Waals surface area (Å²) in [5, 5.41) is 9.85. The van der Waals surface area contributed by atoms with Crippen LogP contribution in [0.4, 0.5) is 0 Å². The highest BCUT2D eigenvalue weighted by Crippen LogP contribution is 2.43.